The molecule has 0 fully saturated rings. The number of fused-ring (bicyclic) bond motifs is 2. The third-order valence-corrected chi connectivity index (χ3v) is 14.8. The molecule has 0 unspecified atom stereocenters. The van der Waals surface area contributed by atoms with Crippen LogP contribution in [0.4, 0.5) is 0 Å². The Morgan fingerprint density at radius 2 is 1.14 bits per heavy atom. The number of hydrogen-bond donors (Lipinski definition) is 2. The second kappa shape index (κ2) is 14.9. The van der Waals surface area contributed by atoms with Crippen LogP contribution in [-0.4, -0.2) is 23.7 Å². The molecule has 6 aromatic carbocycles. The molecule has 0 radical (unpaired) electrons. The Hall–Kier alpha value is -5.51. The van der Waals surface area contributed by atoms with Crippen LogP contribution in [0.5, 0.6) is 5.75 Å². The van der Waals surface area contributed by atoms with Gasteiger partial charge < -0.3 is 9.52 Å². The van der Waals surface area contributed by atoms with Gasteiger partial charge in [-0.25, -0.2) is 0 Å². The van der Waals surface area contributed by atoms with Crippen LogP contribution in [0.1, 0.15) is 36.0 Å². The minimum absolute atomic E-state index is 0.0867. The monoisotopic (exact) mass is 677 g/mol. The van der Waals surface area contributed by atoms with E-state index in [0.29, 0.717) is 28.6 Å². The van der Waals surface area contributed by atoms with E-state index in [9.17, 15) is 14.7 Å². The van der Waals surface area contributed by atoms with Gasteiger partial charge in [0.25, 0.3) is 0 Å². The van der Waals surface area contributed by atoms with Crippen LogP contribution < -0.4 is 26.7 Å². The van der Waals surface area contributed by atoms with Gasteiger partial charge in [-0.1, -0.05) is 24.3 Å². The predicted octanol–water partition coefficient (Wildman–Crippen LogP) is 8.34. The molecule has 0 bridgehead atoms. The van der Waals surface area contributed by atoms with E-state index in [1.54, 1.807) is 30.3 Å². The van der Waals surface area contributed by atoms with Crippen LogP contribution >= 0.6 is 7.26 Å². The van der Waals surface area contributed by atoms with Crippen LogP contribution in [0.2, 0.25) is 0 Å². The van der Waals surface area contributed by atoms with Crippen molar-refractivity contribution in [3.8, 4) is 17.1 Å². The van der Waals surface area contributed by atoms with Gasteiger partial charge in [-0.2, -0.15) is 0 Å². The van der Waals surface area contributed by atoms with Gasteiger partial charge in [0.05, 0.1) is 5.39 Å². The fourth-order valence-corrected chi connectivity index (χ4v) is 12.0. The van der Waals surface area contributed by atoms with Crippen molar-refractivity contribution in [2.75, 3.05) is 12.7 Å². The summed E-state index contributed by atoms with van der Waals surface area (Å²) in [7, 11) is -2.22. The van der Waals surface area contributed by atoms with E-state index >= 15 is 0 Å². The quantitative estimate of drug-likeness (QED) is 0.0775. The molecule has 250 valence electrons. The van der Waals surface area contributed by atoms with Crippen molar-refractivity contribution in [3.63, 3.8) is 0 Å². The first-order valence-electron chi connectivity index (χ1n) is 17.3. The van der Waals surface area contributed by atoms with Gasteiger partial charge in [-0.05, 0) is 22.9 Å². The SMILES string of the molecule is O=C(NCCCCCC[PH](c1ccccc1)(c1ccccc1)c1ccccc1)c1ccc(-c2oc3cc4ccccc4cc3c(=O)c2O)cc1. The van der Waals surface area contributed by atoms with Gasteiger partial charge in [0, 0.05) is 0 Å². The summed E-state index contributed by atoms with van der Waals surface area (Å²) < 4.78 is 6.03. The van der Waals surface area contributed by atoms with Crippen molar-refractivity contribution in [3.05, 3.63) is 167 Å². The van der Waals surface area contributed by atoms with E-state index < -0.39 is 18.4 Å². The molecular weight excluding hydrogens is 637 g/mol. The maximum absolute atomic E-state index is 13.0. The Kier molecular flexibility index (Phi) is 9.86. The molecule has 1 heterocycles. The van der Waals surface area contributed by atoms with Crippen molar-refractivity contribution < 1.29 is 14.3 Å². The molecule has 50 heavy (non-hydrogen) atoms. The van der Waals surface area contributed by atoms with Gasteiger partial charge in [0.15, 0.2) is 5.76 Å². The zero-order valence-corrected chi connectivity index (χ0v) is 28.8. The average Bonchev–Trinajstić information content (AvgIpc) is 3.18. The van der Waals surface area contributed by atoms with E-state index in [4.69, 9.17) is 4.42 Å². The molecule has 5 nitrogen and oxygen atoms in total. The molecule has 0 aliphatic heterocycles. The molecule has 2 N–H and O–H groups in total. The molecule has 7 aromatic rings. The number of nitrogens with one attached hydrogen (secondary N) is 1. The van der Waals surface area contributed by atoms with Gasteiger partial charge in [0.2, 0.25) is 11.2 Å². The van der Waals surface area contributed by atoms with E-state index in [2.05, 4.69) is 96.3 Å². The van der Waals surface area contributed by atoms with E-state index in [1.165, 1.54) is 15.9 Å². The second-order valence-corrected chi connectivity index (χ2v) is 16.8. The molecule has 1 amide bonds. The molecule has 0 aliphatic carbocycles. The van der Waals surface area contributed by atoms with Crippen LogP contribution in [0, 0.1) is 0 Å². The molecular formula is C44H40NO4P. The molecule has 0 spiro atoms. The summed E-state index contributed by atoms with van der Waals surface area (Å²) >= 11 is 0. The molecule has 0 atom stereocenters. The van der Waals surface area contributed by atoms with E-state index in [0.717, 1.165) is 42.6 Å². The first-order chi connectivity index (χ1) is 24.5. The van der Waals surface area contributed by atoms with Crippen molar-refractivity contribution in [1.29, 1.82) is 0 Å². The van der Waals surface area contributed by atoms with Crippen LogP contribution in [0.15, 0.2) is 161 Å². The first-order valence-corrected chi connectivity index (χ1v) is 19.5. The zero-order chi connectivity index (χ0) is 34.3. The summed E-state index contributed by atoms with van der Waals surface area (Å²) in [6.45, 7) is 0.591. The molecule has 0 saturated carbocycles. The van der Waals surface area contributed by atoms with Gasteiger partial charge in [-0.3, -0.25) is 4.79 Å². The summed E-state index contributed by atoms with van der Waals surface area (Å²) in [5.74, 6) is -0.513. The van der Waals surface area contributed by atoms with Crippen LogP contribution in [-0.2, 0) is 0 Å². The predicted molar refractivity (Wildman–Crippen MR) is 209 cm³/mol. The molecule has 7 rings (SSSR count). The Bertz CT molecular complexity index is 2190. The third-order valence-electron chi connectivity index (χ3n) is 9.71. The number of benzene rings is 6. The summed E-state index contributed by atoms with van der Waals surface area (Å²) in [6.07, 6.45) is 5.23. The molecule has 0 saturated heterocycles. The van der Waals surface area contributed by atoms with Gasteiger partial charge in [-0.15, -0.1) is 0 Å². The summed E-state index contributed by atoms with van der Waals surface area (Å²) in [4.78, 5) is 26.0. The van der Waals surface area contributed by atoms with Gasteiger partial charge in [0.1, 0.15) is 5.58 Å². The maximum atomic E-state index is 13.0. The van der Waals surface area contributed by atoms with Crippen molar-refractivity contribution >= 4 is 50.8 Å². The van der Waals surface area contributed by atoms with Crippen LogP contribution in [0.25, 0.3) is 33.1 Å². The van der Waals surface area contributed by atoms with E-state index in [-0.39, 0.29) is 11.7 Å². The summed E-state index contributed by atoms with van der Waals surface area (Å²) in [5.41, 5.74) is 0.942. The Morgan fingerprint density at radius 1 is 0.620 bits per heavy atom. The molecule has 6 heteroatoms. The first kappa shape index (κ1) is 33.0. The summed E-state index contributed by atoms with van der Waals surface area (Å²) in [6, 6.07) is 51.1. The number of amides is 1. The fourth-order valence-electron chi connectivity index (χ4n) is 7.11. The van der Waals surface area contributed by atoms with Crippen molar-refractivity contribution in [2.45, 2.75) is 25.7 Å². The zero-order valence-electron chi connectivity index (χ0n) is 27.8. The number of carbonyl (C=O) groups is 1. The topological polar surface area (TPSA) is 79.5 Å². The number of hydrogen-bond acceptors (Lipinski definition) is 4. The second-order valence-electron chi connectivity index (χ2n) is 12.8. The fraction of sp³-hybridized carbons (Fsp3) is 0.136. The van der Waals surface area contributed by atoms with Gasteiger partial charge >= 0.3 is 204 Å². The Balaban J connectivity index is 0.966. The Morgan fingerprint density at radius 3 is 1.72 bits per heavy atom. The number of rotatable bonds is 12. The van der Waals surface area contributed by atoms with Crippen molar-refractivity contribution in [1.82, 2.24) is 5.32 Å². The average molecular weight is 678 g/mol. The van der Waals surface area contributed by atoms with E-state index in [1.807, 2.05) is 30.3 Å². The minimum atomic E-state index is -2.22. The number of aromatic hydroxyl groups is 1. The standard InChI is InChI=1S/C44H40NO4P/c46-41-39-30-34-16-12-13-17-35(34)31-40(39)49-43(42(41)47)32-24-26-33(27-25-32)44(48)45-28-14-1-2-15-29-50(36-18-6-3-7-19-36,37-20-8-4-9-21-37)38-22-10-5-11-23-38/h3-13,16-27,30-31,47,50H,1-2,14-15,28-29H2,(H,45,48). The van der Waals surface area contributed by atoms with Crippen LogP contribution in [0.3, 0.4) is 0 Å². The molecule has 0 aliphatic rings. The third kappa shape index (κ3) is 6.70. The molecule has 1 aromatic heterocycles. The number of carbonyl (C=O) groups excluding carboxylic acids is 1. The summed E-state index contributed by atoms with van der Waals surface area (Å²) in [5, 5.41) is 20.2. The number of unbranched alkanes of at least 4 members (excludes halogenated alkanes) is 3. The normalized spacial score (nSPS) is 11.8. The van der Waals surface area contributed by atoms with Crippen molar-refractivity contribution in [2.24, 2.45) is 0 Å². The Labute approximate surface area is 292 Å².